The first kappa shape index (κ1) is 10.9. The van der Waals surface area contributed by atoms with Crippen molar-refractivity contribution >= 4 is 11.2 Å². The molecule has 0 aliphatic rings. The Labute approximate surface area is 104 Å². The minimum Gasteiger partial charge on any atom is -0.336 e. The van der Waals surface area contributed by atoms with Crippen LogP contribution in [0, 0.1) is 19.7 Å². The van der Waals surface area contributed by atoms with Crippen LogP contribution in [0.4, 0.5) is 4.39 Å². The van der Waals surface area contributed by atoms with E-state index in [1.165, 1.54) is 0 Å². The van der Waals surface area contributed by atoms with Crippen LogP contribution in [0.15, 0.2) is 30.5 Å². The van der Waals surface area contributed by atoms with Gasteiger partial charge in [-0.05, 0) is 37.1 Å². The Morgan fingerprint density at radius 1 is 1.11 bits per heavy atom. The zero-order valence-electron chi connectivity index (χ0n) is 10.2. The first-order valence-corrected chi connectivity index (χ1v) is 5.73. The Kier molecular flexibility index (Phi) is 2.37. The van der Waals surface area contributed by atoms with Gasteiger partial charge in [0.2, 0.25) is 0 Å². The Hall–Kier alpha value is -2.23. The molecule has 1 aromatic carbocycles. The minimum atomic E-state index is -0.241. The number of halogens is 1. The molecular weight excluding hydrogens is 229 g/mol. The fourth-order valence-corrected chi connectivity index (χ4v) is 1.99. The summed E-state index contributed by atoms with van der Waals surface area (Å²) >= 11 is 0. The topological polar surface area (TPSA) is 41.6 Å². The lowest BCUT2D eigenvalue weighted by atomic mass is 10.1. The van der Waals surface area contributed by atoms with E-state index in [0.29, 0.717) is 22.6 Å². The molecule has 0 amide bonds. The van der Waals surface area contributed by atoms with Crippen LogP contribution in [-0.2, 0) is 0 Å². The number of imidazole rings is 1. The van der Waals surface area contributed by atoms with Gasteiger partial charge in [-0.3, -0.25) is 0 Å². The van der Waals surface area contributed by atoms with Gasteiger partial charge >= 0.3 is 0 Å². The Morgan fingerprint density at radius 2 is 1.94 bits per heavy atom. The fourth-order valence-electron chi connectivity index (χ4n) is 1.99. The van der Waals surface area contributed by atoms with Crippen molar-refractivity contribution in [3.05, 3.63) is 47.4 Å². The highest BCUT2D eigenvalue weighted by Crippen LogP contribution is 2.24. The van der Waals surface area contributed by atoms with Crippen LogP contribution in [0.3, 0.4) is 0 Å². The molecule has 0 spiro atoms. The number of aromatic nitrogens is 3. The standard InChI is InChI=1S/C14H12FN3/c1-8-4-3-5-10(11(8)15)13-17-12-9(2)6-7-16-14(12)18-13/h3-7H,1-2H3,(H,16,17,18). The van der Waals surface area contributed by atoms with E-state index in [1.54, 1.807) is 25.3 Å². The number of rotatable bonds is 1. The number of benzene rings is 1. The normalized spacial score (nSPS) is 11.1. The third-order valence-electron chi connectivity index (χ3n) is 3.05. The number of H-pyrrole nitrogens is 1. The van der Waals surface area contributed by atoms with Gasteiger partial charge in [0, 0.05) is 6.20 Å². The number of hydrogen-bond acceptors (Lipinski definition) is 2. The average Bonchev–Trinajstić information content (AvgIpc) is 2.78. The van der Waals surface area contributed by atoms with E-state index >= 15 is 0 Å². The van der Waals surface area contributed by atoms with E-state index in [1.807, 2.05) is 19.1 Å². The van der Waals surface area contributed by atoms with Crippen molar-refractivity contribution in [1.29, 1.82) is 0 Å². The molecule has 0 fully saturated rings. The first-order valence-electron chi connectivity index (χ1n) is 5.73. The maximum atomic E-state index is 14.0. The molecule has 1 N–H and O–H groups in total. The molecule has 0 unspecified atom stereocenters. The molecule has 0 saturated heterocycles. The second-order valence-corrected chi connectivity index (χ2v) is 4.35. The van der Waals surface area contributed by atoms with Crippen molar-refractivity contribution in [2.75, 3.05) is 0 Å². The fraction of sp³-hybridized carbons (Fsp3) is 0.143. The van der Waals surface area contributed by atoms with E-state index < -0.39 is 0 Å². The molecule has 3 aromatic rings. The second kappa shape index (κ2) is 3.91. The molecule has 0 saturated carbocycles. The van der Waals surface area contributed by atoms with Gasteiger partial charge in [0.25, 0.3) is 0 Å². The molecule has 0 atom stereocenters. The number of pyridine rings is 1. The van der Waals surface area contributed by atoms with Gasteiger partial charge in [0.15, 0.2) is 5.65 Å². The first-order chi connectivity index (χ1) is 8.66. The molecule has 4 heteroatoms. The number of fused-ring (bicyclic) bond motifs is 1. The third-order valence-corrected chi connectivity index (χ3v) is 3.05. The van der Waals surface area contributed by atoms with E-state index in [0.717, 1.165) is 11.1 Å². The van der Waals surface area contributed by atoms with Gasteiger partial charge in [0.05, 0.1) is 11.1 Å². The number of aryl methyl sites for hydroxylation is 2. The Bertz CT molecular complexity index is 731. The van der Waals surface area contributed by atoms with Crippen LogP contribution in [-0.4, -0.2) is 15.0 Å². The third kappa shape index (κ3) is 1.57. The smallest absolute Gasteiger partial charge is 0.178 e. The summed E-state index contributed by atoms with van der Waals surface area (Å²) in [6.07, 6.45) is 1.70. The highest BCUT2D eigenvalue weighted by molar-refractivity contribution is 5.78. The van der Waals surface area contributed by atoms with Crippen LogP contribution in [0.2, 0.25) is 0 Å². The molecule has 2 heterocycles. The highest BCUT2D eigenvalue weighted by atomic mass is 19.1. The van der Waals surface area contributed by atoms with E-state index in [-0.39, 0.29) is 5.82 Å². The summed E-state index contributed by atoms with van der Waals surface area (Å²) in [5.41, 5.74) is 3.61. The number of nitrogens with one attached hydrogen (secondary N) is 1. The quantitative estimate of drug-likeness (QED) is 0.709. The van der Waals surface area contributed by atoms with Crippen molar-refractivity contribution < 1.29 is 4.39 Å². The number of hydrogen-bond donors (Lipinski definition) is 1. The number of nitrogens with zero attached hydrogens (tertiary/aromatic N) is 2. The van der Waals surface area contributed by atoms with Crippen LogP contribution in [0.5, 0.6) is 0 Å². The largest absolute Gasteiger partial charge is 0.336 e. The molecule has 0 aliphatic heterocycles. The predicted octanol–water partition coefficient (Wildman–Crippen LogP) is 3.38. The van der Waals surface area contributed by atoms with Crippen molar-refractivity contribution in [2.45, 2.75) is 13.8 Å². The minimum absolute atomic E-state index is 0.241. The summed E-state index contributed by atoms with van der Waals surface area (Å²) in [6.45, 7) is 3.71. The van der Waals surface area contributed by atoms with Gasteiger partial charge in [-0.2, -0.15) is 0 Å². The summed E-state index contributed by atoms with van der Waals surface area (Å²) in [7, 11) is 0. The second-order valence-electron chi connectivity index (χ2n) is 4.35. The van der Waals surface area contributed by atoms with Gasteiger partial charge < -0.3 is 4.98 Å². The molecular formula is C14H12FN3. The van der Waals surface area contributed by atoms with Crippen LogP contribution >= 0.6 is 0 Å². The molecule has 3 rings (SSSR count). The van der Waals surface area contributed by atoms with Gasteiger partial charge in [0.1, 0.15) is 11.6 Å². The molecule has 0 radical (unpaired) electrons. The van der Waals surface area contributed by atoms with Crippen LogP contribution < -0.4 is 0 Å². The summed E-state index contributed by atoms with van der Waals surface area (Å²) < 4.78 is 14.0. The molecule has 3 nitrogen and oxygen atoms in total. The van der Waals surface area contributed by atoms with E-state index in [4.69, 9.17) is 0 Å². The van der Waals surface area contributed by atoms with Crippen LogP contribution in [0.25, 0.3) is 22.6 Å². The van der Waals surface area contributed by atoms with E-state index in [9.17, 15) is 4.39 Å². The summed E-state index contributed by atoms with van der Waals surface area (Å²) in [5.74, 6) is 0.280. The maximum absolute atomic E-state index is 14.0. The molecule has 18 heavy (non-hydrogen) atoms. The zero-order chi connectivity index (χ0) is 12.7. The summed E-state index contributed by atoms with van der Waals surface area (Å²) in [5, 5.41) is 0. The highest BCUT2D eigenvalue weighted by Gasteiger charge is 2.12. The number of aromatic amines is 1. The zero-order valence-corrected chi connectivity index (χ0v) is 10.2. The van der Waals surface area contributed by atoms with Gasteiger partial charge in [-0.15, -0.1) is 0 Å². The molecule has 0 aliphatic carbocycles. The van der Waals surface area contributed by atoms with Crippen molar-refractivity contribution in [2.24, 2.45) is 0 Å². The van der Waals surface area contributed by atoms with Crippen molar-refractivity contribution in [3.8, 4) is 11.4 Å². The maximum Gasteiger partial charge on any atom is 0.178 e. The van der Waals surface area contributed by atoms with Gasteiger partial charge in [-0.1, -0.05) is 12.1 Å². The van der Waals surface area contributed by atoms with Crippen molar-refractivity contribution in [3.63, 3.8) is 0 Å². The lowest BCUT2D eigenvalue weighted by molar-refractivity contribution is 0.621. The summed E-state index contributed by atoms with van der Waals surface area (Å²) in [4.78, 5) is 11.6. The average molecular weight is 241 g/mol. The SMILES string of the molecule is Cc1cccc(-c2nc3nccc(C)c3[nH]2)c1F. The molecule has 2 aromatic heterocycles. The molecule has 0 bridgehead atoms. The lowest BCUT2D eigenvalue weighted by Gasteiger charge is -2.01. The monoisotopic (exact) mass is 241 g/mol. The van der Waals surface area contributed by atoms with Crippen LogP contribution in [0.1, 0.15) is 11.1 Å². The van der Waals surface area contributed by atoms with E-state index in [2.05, 4.69) is 15.0 Å². The predicted molar refractivity (Wildman–Crippen MR) is 68.8 cm³/mol. The molecule has 90 valence electrons. The lowest BCUT2D eigenvalue weighted by Crippen LogP contribution is -1.89. The Balaban J connectivity index is 2.26. The Morgan fingerprint density at radius 3 is 2.72 bits per heavy atom. The van der Waals surface area contributed by atoms with Gasteiger partial charge in [-0.25, -0.2) is 14.4 Å². The summed E-state index contributed by atoms with van der Waals surface area (Å²) in [6, 6.07) is 7.18. The van der Waals surface area contributed by atoms with Crippen molar-refractivity contribution in [1.82, 2.24) is 15.0 Å².